The first kappa shape index (κ1) is 17.0. The number of benzene rings is 2. The molecule has 0 saturated heterocycles. The lowest BCUT2D eigenvalue weighted by Gasteiger charge is -2.07. The quantitative estimate of drug-likeness (QED) is 0.822. The van der Waals surface area contributed by atoms with Crippen LogP contribution >= 0.6 is 0 Å². The Labute approximate surface area is 139 Å². The summed E-state index contributed by atoms with van der Waals surface area (Å²) in [5, 5.41) is 11.2. The van der Waals surface area contributed by atoms with Gasteiger partial charge in [-0.05, 0) is 35.9 Å². The fourth-order valence-corrected chi connectivity index (χ4v) is 1.91. The molecule has 0 fully saturated rings. The Balaban J connectivity index is 1.79. The maximum atomic E-state index is 12.0. The van der Waals surface area contributed by atoms with Gasteiger partial charge in [0.05, 0.1) is 18.7 Å². The van der Waals surface area contributed by atoms with Crippen LogP contribution in [0.3, 0.4) is 0 Å². The number of ether oxygens (including phenoxy) is 2. The molecule has 6 nitrogen and oxygen atoms in total. The van der Waals surface area contributed by atoms with Crippen molar-refractivity contribution >= 4 is 11.9 Å². The first-order chi connectivity index (χ1) is 11.6. The maximum Gasteiger partial charge on any atom is 0.325 e. The molecule has 122 valence electrons. The normalized spacial score (nSPS) is 9.67. The van der Waals surface area contributed by atoms with Gasteiger partial charge in [0.25, 0.3) is 5.91 Å². The summed E-state index contributed by atoms with van der Waals surface area (Å²) in [5.41, 5.74) is 1.70. The molecule has 0 radical (unpaired) electrons. The van der Waals surface area contributed by atoms with Crippen molar-refractivity contribution in [2.75, 3.05) is 13.7 Å². The van der Waals surface area contributed by atoms with Crippen molar-refractivity contribution in [3.8, 4) is 11.8 Å². The van der Waals surface area contributed by atoms with Gasteiger partial charge in [0.2, 0.25) is 0 Å². The van der Waals surface area contributed by atoms with E-state index in [2.05, 4.69) is 5.32 Å². The number of carbonyl (C=O) groups excluding carboxylic acids is 2. The van der Waals surface area contributed by atoms with Crippen molar-refractivity contribution in [3.05, 3.63) is 65.2 Å². The third-order valence-electron chi connectivity index (χ3n) is 3.21. The van der Waals surface area contributed by atoms with Crippen LogP contribution in [0.5, 0.6) is 5.75 Å². The first-order valence-electron chi connectivity index (χ1n) is 7.19. The third kappa shape index (κ3) is 4.85. The highest BCUT2D eigenvalue weighted by Crippen LogP contribution is 2.12. The maximum absolute atomic E-state index is 12.0. The highest BCUT2D eigenvalue weighted by molar-refractivity contribution is 5.96. The zero-order valence-electron chi connectivity index (χ0n) is 13.1. The molecule has 0 aliphatic carbocycles. The number of rotatable bonds is 6. The molecule has 0 saturated carbocycles. The molecule has 0 unspecified atom stereocenters. The van der Waals surface area contributed by atoms with E-state index in [1.165, 1.54) is 7.11 Å². The van der Waals surface area contributed by atoms with E-state index in [1.54, 1.807) is 48.5 Å². The van der Waals surface area contributed by atoms with Crippen molar-refractivity contribution < 1.29 is 19.1 Å². The van der Waals surface area contributed by atoms with Crippen LogP contribution in [0.4, 0.5) is 0 Å². The number of nitriles is 1. The van der Waals surface area contributed by atoms with Crippen molar-refractivity contribution in [1.82, 2.24) is 5.32 Å². The Morgan fingerprint density at radius 1 is 1.17 bits per heavy atom. The zero-order chi connectivity index (χ0) is 17.4. The Morgan fingerprint density at radius 2 is 1.92 bits per heavy atom. The molecule has 6 heteroatoms. The molecule has 0 bridgehead atoms. The summed E-state index contributed by atoms with van der Waals surface area (Å²) in [5.74, 6) is -0.370. The minimum atomic E-state index is -0.546. The summed E-state index contributed by atoms with van der Waals surface area (Å²) in [7, 11) is 1.51. The molecular formula is C18H16N2O4. The molecule has 1 amide bonds. The Morgan fingerprint density at radius 3 is 2.58 bits per heavy atom. The van der Waals surface area contributed by atoms with Crippen LogP contribution < -0.4 is 10.1 Å². The van der Waals surface area contributed by atoms with Crippen LogP contribution in [-0.2, 0) is 16.1 Å². The Hall–Kier alpha value is -3.33. The number of nitrogens with one attached hydrogen (secondary N) is 1. The van der Waals surface area contributed by atoms with Crippen LogP contribution in [0.1, 0.15) is 21.5 Å². The van der Waals surface area contributed by atoms with Crippen LogP contribution in [-0.4, -0.2) is 25.5 Å². The van der Waals surface area contributed by atoms with Gasteiger partial charge in [0.15, 0.2) is 0 Å². The topological polar surface area (TPSA) is 88.4 Å². The van der Waals surface area contributed by atoms with E-state index < -0.39 is 5.97 Å². The van der Waals surface area contributed by atoms with Crippen molar-refractivity contribution in [1.29, 1.82) is 5.26 Å². The van der Waals surface area contributed by atoms with Crippen LogP contribution in [0.15, 0.2) is 48.5 Å². The lowest BCUT2D eigenvalue weighted by atomic mass is 10.2. The summed E-state index contributed by atoms with van der Waals surface area (Å²) >= 11 is 0. The summed E-state index contributed by atoms with van der Waals surface area (Å²) in [6.07, 6.45) is 0. The fourth-order valence-electron chi connectivity index (χ4n) is 1.91. The highest BCUT2D eigenvalue weighted by Gasteiger charge is 2.10. The monoisotopic (exact) mass is 324 g/mol. The third-order valence-corrected chi connectivity index (χ3v) is 3.21. The minimum Gasteiger partial charge on any atom is -0.497 e. The van der Waals surface area contributed by atoms with Gasteiger partial charge in [0.1, 0.15) is 18.9 Å². The second-order valence-electron chi connectivity index (χ2n) is 4.88. The van der Waals surface area contributed by atoms with Gasteiger partial charge in [-0.2, -0.15) is 5.26 Å². The lowest BCUT2D eigenvalue weighted by Crippen LogP contribution is -2.30. The molecule has 0 heterocycles. The van der Waals surface area contributed by atoms with Crippen molar-refractivity contribution in [2.45, 2.75) is 6.61 Å². The highest BCUT2D eigenvalue weighted by atomic mass is 16.5. The van der Waals surface area contributed by atoms with E-state index in [9.17, 15) is 9.59 Å². The Bertz CT molecular complexity index is 763. The van der Waals surface area contributed by atoms with E-state index in [0.29, 0.717) is 16.9 Å². The molecular weight excluding hydrogens is 308 g/mol. The smallest absolute Gasteiger partial charge is 0.325 e. The molecule has 24 heavy (non-hydrogen) atoms. The van der Waals surface area contributed by atoms with Gasteiger partial charge in [-0.15, -0.1) is 0 Å². The zero-order valence-corrected chi connectivity index (χ0v) is 13.1. The summed E-state index contributed by atoms with van der Waals surface area (Å²) in [6.45, 7) is -0.147. The number of hydrogen-bond donors (Lipinski definition) is 1. The minimum absolute atomic E-state index is 0.0829. The molecule has 1 N–H and O–H groups in total. The molecule has 2 aromatic carbocycles. The molecule has 0 aliphatic heterocycles. The van der Waals surface area contributed by atoms with Gasteiger partial charge in [-0.3, -0.25) is 9.59 Å². The number of amides is 1. The van der Waals surface area contributed by atoms with E-state index in [4.69, 9.17) is 14.7 Å². The van der Waals surface area contributed by atoms with Gasteiger partial charge < -0.3 is 14.8 Å². The molecule has 0 spiro atoms. The molecule has 0 aromatic heterocycles. The molecule has 2 aromatic rings. The van der Waals surface area contributed by atoms with E-state index in [-0.39, 0.29) is 19.1 Å². The first-order valence-corrected chi connectivity index (χ1v) is 7.19. The predicted molar refractivity (Wildman–Crippen MR) is 86.3 cm³/mol. The van der Waals surface area contributed by atoms with Crippen molar-refractivity contribution in [3.63, 3.8) is 0 Å². The average molecular weight is 324 g/mol. The van der Waals surface area contributed by atoms with E-state index >= 15 is 0 Å². The van der Waals surface area contributed by atoms with Crippen LogP contribution in [0, 0.1) is 11.3 Å². The SMILES string of the molecule is COc1cccc(C(=O)NCC(=O)OCc2ccc(C#N)cc2)c1. The number of carbonyl (C=O) groups is 2. The molecule has 0 atom stereocenters. The number of methoxy groups -OCH3 is 1. The number of nitrogens with zero attached hydrogens (tertiary/aromatic N) is 1. The van der Waals surface area contributed by atoms with Crippen LogP contribution in [0.25, 0.3) is 0 Å². The van der Waals surface area contributed by atoms with Gasteiger partial charge in [-0.25, -0.2) is 0 Å². The second kappa shape index (κ2) is 8.34. The summed E-state index contributed by atoms with van der Waals surface area (Å²) < 4.78 is 10.1. The van der Waals surface area contributed by atoms with E-state index in [1.807, 2.05) is 6.07 Å². The second-order valence-corrected chi connectivity index (χ2v) is 4.88. The van der Waals surface area contributed by atoms with E-state index in [0.717, 1.165) is 5.56 Å². The summed E-state index contributed by atoms with van der Waals surface area (Å²) in [6, 6.07) is 15.3. The number of esters is 1. The fraction of sp³-hybridized carbons (Fsp3) is 0.167. The molecule has 0 aliphatic rings. The van der Waals surface area contributed by atoms with Gasteiger partial charge in [0, 0.05) is 5.56 Å². The lowest BCUT2D eigenvalue weighted by molar-refractivity contribution is -0.143. The standard InChI is InChI=1S/C18H16N2O4/c1-23-16-4-2-3-15(9-16)18(22)20-11-17(21)24-12-14-7-5-13(10-19)6-8-14/h2-9H,11-12H2,1H3,(H,20,22). The average Bonchev–Trinajstić information content (AvgIpc) is 2.64. The number of hydrogen-bond acceptors (Lipinski definition) is 5. The van der Waals surface area contributed by atoms with Gasteiger partial charge >= 0.3 is 5.97 Å². The summed E-state index contributed by atoms with van der Waals surface area (Å²) in [4.78, 5) is 23.6. The largest absolute Gasteiger partial charge is 0.497 e. The predicted octanol–water partition coefficient (Wildman–Crippen LogP) is 2.04. The van der Waals surface area contributed by atoms with Gasteiger partial charge in [-0.1, -0.05) is 18.2 Å². The van der Waals surface area contributed by atoms with Crippen molar-refractivity contribution in [2.24, 2.45) is 0 Å². The molecule has 2 rings (SSSR count). The van der Waals surface area contributed by atoms with Crippen LogP contribution in [0.2, 0.25) is 0 Å². The Kier molecular flexibility index (Phi) is 5.92.